The summed E-state index contributed by atoms with van der Waals surface area (Å²) in [4.78, 5) is 13.5. The Balaban J connectivity index is 1.91. The van der Waals surface area contributed by atoms with E-state index in [-0.39, 0.29) is 11.3 Å². The van der Waals surface area contributed by atoms with Crippen LogP contribution in [0.25, 0.3) is 5.70 Å². The molecule has 30 heavy (non-hydrogen) atoms. The number of carbonyl (C=O) groups excluding carboxylic acids is 1. The van der Waals surface area contributed by atoms with Crippen molar-refractivity contribution in [1.82, 2.24) is 4.31 Å². The zero-order chi connectivity index (χ0) is 21.4. The van der Waals surface area contributed by atoms with Crippen molar-refractivity contribution < 1.29 is 13.2 Å². The van der Waals surface area contributed by atoms with Crippen molar-refractivity contribution in [3.63, 3.8) is 0 Å². The number of nitrogens with zero attached hydrogens (tertiary/aromatic N) is 1. The summed E-state index contributed by atoms with van der Waals surface area (Å²) in [5.74, 6) is -0.441. The second-order valence-electron chi connectivity index (χ2n) is 7.83. The molecule has 1 heterocycles. The molecule has 1 amide bonds. The molecule has 0 fully saturated rings. The van der Waals surface area contributed by atoms with E-state index in [1.807, 2.05) is 80.6 Å². The second kappa shape index (κ2) is 7.58. The fourth-order valence-corrected chi connectivity index (χ4v) is 5.27. The number of benzene rings is 3. The number of hydrogen-bond donors (Lipinski definition) is 0. The molecule has 3 aromatic carbocycles. The molecule has 0 N–H and O–H groups in total. The van der Waals surface area contributed by atoms with Gasteiger partial charge < -0.3 is 0 Å². The lowest BCUT2D eigenvalue weighted by Crippen LogP contribution is -2.43. The molecule has 0 saturated carbocycles. The second-order valence-corrected chi connectivity index (χ2v) is 9.62. The molecule has 0 radical (unpaired) electrons. The number of aryl methyl sites for hydroxylation is 1. The molecule has 0 saturated heterocycles. The van der Waals surface area contributed by atoms with Gasteiger partial charge >= 0.3 is 0 Å². The molecule has 1 aliphatic heterocycles. The normalized spacial score (nSPS) is 19.5. The quantitative estimate of drug-likeness (QED) is 0.606. The van der Waals surface area contributed by atoms with Gasteiger partial charge in [0.2, 0.25) is 5.91 Å². The average Bonchev–Trinajstić information content (AvgIpc) is 2.74. The topological polar surface area (TPSA) is 54.5 Å². The number of carbonyl (C=O) groups is 1. The largest absolute Gasteiger partial charge is 0.273 e. The number of hydrogen-bond acceptors (Lipinski definition) is 3. The highest BCUT2D eigenvalue weighted by atomic mass is 32.2. The molecule has 0 aromatic heterocycles. The van der Waals surface area contributed by atoms with Crippen molar-refractivity contribution in [3.8, 4) is 0 Å². The van der Waals surface area contributed by atoms with Crippen molar-refractivity contribution in [3.05, 3.63) is 108 Å². The van der Waals surface area contributed by atoms with Gasteiger partial charge in [-0.25, -0.2) is 12.7 Å². The standard InChI is InChI=1S/C25H23NO3S/c1-19-13-15-22(16-14-19)30(28,29)26-23(20-9-5-3-6-10-20)17-25(2,18-24(26)27)21-11-7-4-8-12-21/h3-17H,18H2,1-2H3/t25-/m1/s1. The number of rotatable bonds is 4. The summed E-state index contributed by atoms with van der Waals surface area (Å²) in [6, 6.07) is 25.5. The monoisotopic (exact) mass is 417 g/mol. The molecule has 0 spiro atoms. The summed E-state index contributed by atoms with van der Waals surface area (Å²) in [5, 5.41) is 0. The SMILES string of the molecule is Cc1ccc(S(=O)(=O)N2C(=O)C[C@](C)(c3ccccc3)C=C2c2ccccc2)cc1. The molecule has 1 atom stereocenters. The fraction of sp³-hybridized carbons (Fsp3) is 0.160. The lowest BCUT2D eigenvalue weighted by Gasteiger charge is -2.37. The Bertz CT molecular complexity index is 1200. The summed E-state index contributed by atoms with van der Waals surface area (Å²) in [6.45, 7) is 3.86. The number of allylic oxidation sites excluding steroid dienone is 1. The maximum Gasteiger partial charge on any atom is 0.270 e. The molecule has 0 aliphatic carbocycles. The van der Waals surface area contributed by atoms with Crippen molar-refractivity contribution >= 4 is 21.6 Å². The van der Waals surface area contributed by atoms with Gasteiger partial charge in [0.25, 0.3) is 10.0 Å². The van der Waals surface area contributed by atoms with Crippen LogP contribution in [0.1, 0.15) is 30.0 Å². The zero-order valence-corrected chi connectivity index (χ0v) is 17.8. The minimum absolute atomic E-state index is 0.0679. The van der Waals surface area contributed by atoms with Crippen LogP contribution in [0.3, 0.4) is 0 Å². The smallest absolute Gasteiger partial charge is 0.270 e. The van der Waals surface area contributed by atoms with E-state index in [2.05, 4.69) is 0 Å². The minimum Gasteiger partial charge on any atom is -0.273 e. The highest BCUT2D eigenvalue weighted by molar-refractivity contribution is 7.90. The fourth-order valence-electron chi connectivity index (χ4n) is 3.82. The number of sulfonamides is 1. The predicted molar refractivity (Wildman–Crippen MR) is 118 cm³/mol. The average molecular weight is 418 g/mol. The Morgan fingerprint density at radius 1 is 0.833 bits per heavy atom. The van der Waals surface area contributed by atoms with Crippen LogP contribution in [0.15, 0.2) is 95.9 Å². The highest BCUT2D eigenvalue weighted by Crippen LogP contribution is 2.41. The van der Waals surface area contributed by atoms with Crippen LogP contribution in [-0.4, -0.2) is 18.6 Å². The summed E-state index contributed by atoms with van der Waals surface area (Å²) < 4.78 is 28.0. The van der Waals surface area contributed by atoms with Crippen molar-refractivity contribution in [2.24, 2.45) is 0 Å². The Morgan fingerprint density at radius 3 is 2.00 bits per heavy atom. The van der Waals surface area contributed by atoms with Gasteiger partial charge in [-0.3, -0.25) is 4.79 Å². The van der Waals surface area contributed by atoms with E-state index in [4.69, 9.17) is 0 Å². The Morgan fingerprint density at radius 2 is 1.40 bits per heavy atom. The third kappa shape index (κ3) is 3.57. The molecule has 0 bridgehead atoms. The molecule has 5 heteroatoms. The van der Waals surface area contributed by atoms with Gasteiger partial charge in [-0.2, -0.15) is 0 Å². The Hall–Kier alpha value is -3.18. The van der Waals surface area contributed by atoms with Crippen LogP contribution in [-0.2, 0) is 20.2 Å². The van der Waals surface area contributed by atoms with Crippen LogP contribution < -0.4 is 0 Å². The minimum atomic E-state index is -4.04. The molecule has 1 aliphatic rings. The first kappa shape index (κ1) is 20.1. The van der Waals surface area contributed by atoms with E-state index >= 15 is 0 Å². The summed E-state index contributed by atoms with van der Waals surface area (Å²) in [6.07, 6.45) is 1.98. The lowest BCUT2D eigenvalue weighted by atomic mass is 9.76. The van der Waals surface area contributed by atoms with Crippen LogP contribution in [0.4, 0.5) is 0 Å². The van der Waals surface area contributed by atoms with Gasteiger partial charge in [-0.1, -0.05) is 85.3 Å². The van der Waals surface area contributed by atoms with Crippen LogP contribution >= 0.6 is 0 Å². The maximum absolute atomic E-state index is 13.5. The maximum atomic E-state index is 13.5. The molecular weight excluding hydrogens is 394 g/mol. The molecule has 4 rings (SSSR count). The lowest BCUT2D eigenvalue weighted by molar-refractivity contribution is -0.125. The van der Waals surface area contributed by atoms with Crippen LogP contribution in [0.2, 0.25) is 0 Å². The summed E-state index contributed by atoms with van der Waals surface area (Å²) in [5.41, 5.74) is 2.39. The summed E-state index contributed by atoms with van der Waals surface area (Å²) in [7, 11) is -4.04. The van der Waals surface area contributed by atoms with Crippen molar-refractivity contribution in [1.29, 1.82) is 0 Å². The van der Waals surface area contributed by atoms with E-state index in [9.17, 15) is 13.2 Å². The molecule has 0 unspecified atom stereocenters. The third-order valence-corrected chi connectivity index (χ3v) is 7.23. The summed E-state index contributed by atoms with van der Waals surface area (Å²) >= 11 is 0. The van der Waals surface area contributed by atoms with E-state index in [1.165, 1.54) is 0 Å². The molecular formula is C25H23NO3S. The van der Waals surface area contributed by atoms with E-state index in [1.54, 1.807) is 24.3 Å². The predicted octanol–water partition coefficient (Wildman–Crippen LogP) is 4.92. The van der Waals surface area contributed by atoms with E-state index in [0.29, 0.717) is 11.3 Å². The molecule has 152 valence electrons. The van der Waals surface area contributed by atoms with E-state index < -0.39 is 21.3 Å². The van der Waals surface area contributed by atoms with Gasteiger partial charge in [-0.15, -0.1) is 0 Å². The number of amides is 1. The van der Waals surface area contributed by atoms with Crippen molar-refractivity contribution in [2.75, 3.05) is 0 Å². The first-order valence-electron chi connectivity index (χ1n) is 9.80. The third-order valence-electron chi connectivity index (χ3n) is 5.48. The zero-order valence-electron chi connectivity index (χ0n) is 16.9. The van der Waals surface area contributed by atoms with Gasteiger partial charge in [0.05, 0.1) is 10.6 Å². The van der Waals surface area contributed by atoms with E-state index in [0.717, 1.165) is 15.4 Å². The van der Waals surface area contributed by atoms with Crippen LogP contribution in [0.5, 0.6) is 0 Å². The van der Waals surface area contributed by atoms with Gasteiger partial charge in [0.1, 0.15) is 0 Å². The van der Waals surface area contributed by atoms with Gasteiger partial charge in [0, 0.05) is 11.8 Å². The Labute approximate surface area is 177 Å². The molecule has 4 nitrogen and oxygen atoms in total. The van der Waals surface area contributed by atoms with Crippen molar-refractivity contribution in [2.45, 2.75) is 30.6 Å². The first-order valence-corrected chi connectivity index (χ1v) is 11.2. The Kier molecular flexibility index (Phi) is 5.08. The van der Waals surface area contributed by atoms with Gasteiger partial charge in [-0.05, 0) is 36.3 Å². The molecule has 3 aromatic rings. The van der Waals surface area contributed by atoms with Crippen LogP contribution in [0, 0.1) is 6.92 Å². The first-order chi connectivity index (χ1) is 14.3. The van der Waals surface area contributed by atoms with Gasteiger partial charge in [0.15, 0.2) is 0 Å². The highest BCUT2D eigenvalue weighted by Gasteiger charge is 2.42.